The van der Waals surface area contributed by atoms with E-state index in [1.165, 1.54) is 6.42 Å². The Bertz CT molecular complexity index is 418. The highest BCUT2D eigenvalue weighted by Gasteiger charge is 2.30. The van der Waals surface area contributed by atoms with Crippen LogP contribution in [0.5, 0.6) is 0 Å². The molecule has 1 aliphatic rings. The van der Waals surface area contributed by atoms with Crippen LogP contribution in [-0.4, -0.2) is 35.1 Å². The van der Waals surface area contributed by atoms with E-state index in [1.807, 2.05) is 36.9 Å². The highest BCUT2D eigenvalue weighted by atomic mass is 16.3. The van der Waals surface area contributed by atoms with E-state index in [0.29, 0.717) is 12.6 Å². The number of carbonyl (C=O) groups excluding carboxylic acids is 1. The summed E-state index contributed by atoms with van der Waals surface area (Å²) in [4.78, 5) is 14.5. The van der Waals surface area contributed by atoms with Crippen molar-refractivity contribution in [2.24, 2.45) is 0 Å². The molecule has 0 aliphatic heterocycles. The van der Waals surface area contributed by atoms with Gasteiger partial charge in [0.2, 0.25) is 0 Å². The first-order valence-corrected chi connectivity index (χ1v) is 6.63. The van der Waals surface area contributed by atoms with Crippen LogP contribution in [0.3, 0.4) is 0 Å². The molecule has 0 bridgehead atoms. The fourth-order valence-corrected chi connectivity index (χ4v) is 2.55. The zero-order chi connectivity index (χ0) is 13.1. The lowest BCUT2D eigenvalue weighted by Gasteiger charge is -2.37. The van der Waals surface area contributed by atoms with Crippen LogP contribution in [0.15, 0.2) is 18.2 Å². The van der Waals surface area contributed by atoms with Gasteiger partial charge >= 0.3 is 0 Å². The Morgan fingerprint density at radius 2 is 1.94 bits per heavy atom. The molecule has 98 valence electrons. The van der Waals surface area contributed by atoms with E-state index in [9.17, 15) is 4.79 Å². The van der Waals surface area contributed by atoms with Crippen molar-refractivity contribution in [2.45, 2.75) is 39.2 Å². The highest BCUT2D eigenvalue weighted by Crippen LogP contribution is 2.27. The molecule has 0 saturated heterocycles. The van der Waals surface area contributed by atoms with E-state index < -0.39 is 0 Å². The third-order valence-electron chi connectivity index (χ3n) is 3.81. The Kier molecular flexibility index (Phi) is 4.02. The molecule has 0 atom stereocenters. The van der Waals surface area contributed by atoms with Crippen molar-refractivity contribution >= 4 is 5.91 Å². The van der Waals surface area contributed by atoms with Crippen molar-refractivity contribution in [1.29, 1.82) is 0 Å². The average molecular weight is 247 g/mol. The lowest BCUT2D eigenvalue weighted by atomic mass is 9.90. The molecule has 3 heteroatoms. The van der Waals surface area contributed by atoms with Crippen molar-refractivity contribution < 1.29 is 9.90 Å². The molecule has 1 aromatic rings. The number of hydrogen-bond donors (Lipinski definition) is 1. The minimum absolute atomic E-state index is 0.0349. The number of nitrogens with zero attached hydrogens (tertiary/aromatic N) is 1. The molecule has 1 amide bonds. The topological polar surface area (TPSA) is 40.5 Å². The summed E-state index contributed by atoms with van der Waals surface area (Å²) in [6.07, 6.45) is 3.32. The highest BCUT2D eigenvalue weighted by molar-refractivity contribution is 5.97. The van der Waals surface area contributed by atoms with Crippen LogP contribution in [-0.2, 0) is 0 Å². The van der Waals surface area contributed by atoms with Crippen molar-refractivity contribution in [3.8, 4) is 0 Å². The first-order chi connectivity index (χ1) is 8.65. The maximum Gasteiger partial charge on any atom is 0.254 e. The van der Waals surface area contributed by atoms with Crippen LogP contribution in [0, 0.1) is 13.8 Å². The molecular formula is C15H21NO2. The summed E-state index contributed by atoms with van der Waals surface area (Å²) < 4.78 is 0. The Morgan fingerprint density at radius 1 is 1.33 bits per heavy atom. The van der Waals surface area contributed by atoms with E-state index in [-0.39, 0.29) is 12.5 Å². The standard InChI is InChI=1S/C15H21NO2/c1-11-5-3-6-12(2)14(11)15(18)16(9-10-17)13-7-4-8-13/h3,5-6,13,17H,4,7-10H2,1-2H3. The maximum absolute atomic E-state index is 12.6. The molecule has 1 N–H and O–H groups in total. The molecule has 0 aromatic heterocycles. The predicted molar refractivity (Wildman–Crippen MR) is 71.7 cm³/mol. The number of aryl methyl sites for hydroxylation is 2. The Hall–Kier alpha value is -1.35. The molecule has 1 saturated carbocycles. The number of rotatable bonds is 4. The van der Waals surface area contributed by atoms with E-state index in [1.54, 1.807) is 0 Å². The third-order valence-corrected chi connectivity index (χ3v) is 3.81. The number of aliphatic hydroxyl groups excluding tert-OH is 1. The van der Waals surface area contributed by atoms with Gasteiger partial charge in [-0.25, -0.2) is 0 Å². The van der Waals surface area contributed by atoms with Gasteiger partial charge in [0.1, 0.15) is 0 Å². The van der Waals surface area contributed by atoms with Gasteiger partial charge in [0, 0.05) is 18.2 Å². The number of aliphatic hydroxyl groups is 1. The summed E-state index contributed by atoms with van der Waals surface area (Å²) in [7, 11) is 0. The molecule has 1 fully saturated rings. The van der Waals surface area contributed by atoms with Gasteiger partial charge in [0.25, 0.3) is 5.91 Å². The SMILES string of the molecule is Cc1cccc(C)c1C(=O)N(CCO)C1CCC1. The molecule has 0 unspecified atom stereocenters. The molecular weight excluding hydrogens is 226 g/mol. The van der Waals surface area contributed by atoms with Crippen LogP contribution >= 0.6 is 0 Å². The Morgan fingerprint density at radius 3 is 2.39 bits per heavy atom. The fraction of sp³-hybridized carbons (Fsp3) is 0.533. The summed E-state index contributed by atoms with van der Waals surface area (Å²) in [5.41, 5.74) is 2.84. The van der Waals surface area contributed by atoms with E-state index in [2.05, 4.69) is 0 Å². The zero-order valence-corrected chi connectivity index (χ0v) is 11.1. The molecule has 0 radical (unpaired) electrons. The van der Waals surface area contributed by atoms with E-state index in [4.69, 9.17) is 5.11 Å². The van der Waals surface area contributed by atoms with Gasteiger partial charge in [0.05, 0.1) is 6.61 Å². The monoisotopic (exact) mass is 247 g/mol. The predicted octanol–water partition coefficient (Wildman–Crippen LogP) is 2.29. The summed E-state index contributed by atoms with van der Waals surface area (Å²) >= 11 is 0. The van der Waals surface area contributed by atoms with Gasteiger partial charge in [-0.3, -0.25) is 4.79 Å². The van der Waals surface area contributed by atoms with E-state index >= 15 is 0 Å². The number of benzene rings is 1. The first-order valence-electron chi connectivity index (χ1n) is 6.63. The van der Waals surface area contributed by atoms with Crippen molar-refractivity contribution in [3.63, 3.8) is 0 Å². The molecule has 2 rings (SSSR count). The largest absolute Gasteiger partial charge is 0.395 e. The van der Waals surface area contributed by atoms with Crippen LogP contribution in [0.25, 0.3) is 0 Å². The summed E-state index contributed by atoms with van der Waals surface area (Å²) in [6.45, 7) is 4.42. The summed E-state index contributed by atoms with van der Waals surface area (Å²) in [5.74, 6) is 0.0735. The number of hydrogen-bond acceptors (Lipinski definition) is 2. The number of carbonyl (C=O) groups is 1. The summed E-state index contributed by atoms with van der Waals surface area (Å²) in [5, 5.41) is 9.15. The van der Waals surface area contributed by atoms with Crippen LogP contribution < -0.4 is 0 Å². The first kappa shape index (κ1) is 13.1. The number of amides is 1. The van der Waals surface area contributed by atoms with Gasteiger partial charge in [-0.15, -0.1) is 0 Å². The Balaban J connectivity index is 2.27. The minimum Gasteiger partial charge on any atom is -0.395 e. The maximum atomic E-state index is 12.6. The molecule has 3 nitrogen and oxygen atoms in total. The normalized spacial score (nSPS) is 15.3. The minimum atomic E-state index is 0.0349. The van der Waals surface area contributed by atoms with Gasteiger partial charge in [-0.1, -0.05) is 18.2 Å². The molecule has 0 spiro atoms. The lowest BCUT2D eigenvalue weighted by Crippen LogP contribution is -2.46. The van der Waals surface area contributed by atoms with Gasteiger partial charge in [-0.05, 0) is 44.2 Å². The van der Waals surface area contributed by atoms with Crippen molar-refractivity contribution in [2.75, 3.05) is 13.2 Å². The van der Waals surface area contributed by atoms with Crippen LogP contribution in [0.4, 0.5) is 0 Å². The molecule has 1 aliphatic carbocycles. The quantitative estimate of drug-likeness (QED) is 0.886. The molecule has 1 aromatic carbocycles. The zero-order valence-electron chi connectivity index (χ0n) is 11.1. The second-order valence-electron chi connectivity index (χ2n) is 5.07. The lowest BCUT2D eigenvalue weighted by molar-refractivity contribution is 0.0524. The molecule has 18 heavy (non-hydrogen) atoms. The van der Waals surface area contributed by atoms with Crippen molar-refractivity contribution in [3.05, 3.63) is 34.9 Å². The van der Waals surface area contributed by atoms with Crippen molar-refractivity contribution in [1.82, 2.24) is 4.90 Å². The summed E-state index contributed by atoms with van der Waals surface area (Å²) in [6, 6.07) is 6.24. The van der Waals surface area contributed by atoms with Crippen LogP contribution in [0.2, 0.25) is 0 Å². The molecule has 0 heterocycles. The van der Waals surface area contributed by atoms with E-state index in [0.717, 1.165) is 29.5 Å². The smallest absolute Gasteiger partial charge is 0.254 e. The van der Waals surface area contributed by atoms with Crippen LogP contribution in [0.1, 0.15) is 40.7 Å². The average Bonchev–Trinajstić information content (AvgIpc) is 2.25. The van der Waals surface area contributed by atoms with Gasteiger partial charge in [0.15, 0.2) is 0 Å². The fourth-order valence-electron chi connectivity index (χ4n) is 2.55. The third kappa shape index (κ3) is 2.41. The Labute approximate surface area is 108 Å². The van der Waals surface area contributed by atoms with Gasteiger partial charge < -0.3 is 10.0 Å². The second-order valence-corrected chi connectivity index (χ2v) is 5.07. The second kappa shape index (κ2) is 5.53. The van der Waals surface area contributed by atoms with Gasteiger partial charge in [-0.2, -0.15) is 0 Å².